The van der Waals surface area contributed by atoms with Crippen LogP contribution in [0.15, 0.2) is 36.4 Å². The minimum Gasteiger partial charge on any atom is -0.495 e. The predicted octanol–water partition coefficient (Wildman–Crippen LogP) is 4.86. The molecule has 1 N–H and O–H groups in total. The van der Waals surface area contributed by atoms with Gasteiger partial charge in [-0.15, -0.1) is 0 Å². The van der Waals surface area contributed by atoms with Gasteiger partial charge in [-0.25, -0.2) is 0 Å². The molecule has 0 atom stereocenters. The van der Waals surface area contributed by atoms with E-state index in [0.29, 0.717) is 16.5 Å². The Morgan fingerprint density at radius 2 is 1.96 bits per heavy atom. The maximum Gasteiger partial charge on any atom is 0.416 e. The number of alkyl halides is 3. The summed E-state index contributed by atoms with van der Waals surface area (Å²) in [5, 5.41) is 3.12. The minimum atomic E-state index is -4.44. The number of carbonyl (C=O) groups excluding carboxylic acids is 1. The van der Waals surface area contributed by atoms with Gasteiger partial charge in [0, 0.05) is 11.1 Å². The van der Waals surface area contributed by atoms with E-state index in [4.69, 9.17) is 16.3 Å². The van der Waals surface area contributed by atoms with E-state index in [0.717, 1.165) is 17.7 Å². The fourth-order valence-electron chi connectivity index (χ4n) is 2.17. The first-order chi connectivity index (χ1) is 11.2. The molecule has 128 valence electrons. The molecule has 0 radical (unpaired) electrons. The van der Waals surface area contributed by atoms with Gasteiger partial charge in [-0.2, -0.15) is 13.2 Å². The summed E-state index contributed by atoms with van der Waals surface area (Å²) in [6, 6.07) is 7.89. The topological polar surface area (TPSA) is 38.3 Å². The van der Waals surface area contributed by atoms with E-state index in [2.05, 4.69) is 5.32 Å². The third kappa shape index (κ3) is 4.41. The Morgan fingerprint density at radius 1 is 1.25 bits per heavy atom. The lowest BCUT2D eigenvalue weighted by Crippen LogP contribution is -2.16. The van der Waals surface area contributed by atoms with Crippen molar-refractivity contribution in [1.82, 2.24) is 0 Å². The van der Waals surface area contributed by atoms with Crippen molar-refractivity contribution in [3.63, 3.8) is 0 Å². The number of aryl methyl sites for hydroxylation is 1. The first kappa shape index (κ1) is 18.1. The molecule has 7 heteroatoms. The number of hydrogen-bond donors (Lipinski definition) is 1. The Kier molecular flexibility index (Phi) is 5.39. The lowest BCUT2D eigenvalue weighted by molar-refractivity contribution is -0.137. The number of nitrogens with one attached hydrogen (secondary N) is 1. The highest BCUT2D eigenvalue weighted by atomic mass is 35.5. The molecule has 0 fully saturated rings. The largest absolute Gasteiger partial charge is 0.495 e. The summed E-state index contributed by atoms with van der Waals surface area (Å²) >= 11 is 5.99. The van der Waals surface area contributed by atoms with Crippen molar-refractivity contribution in [2.45, 2.75) is 19.5 Å². The van der Waals surface area contributed by atoms with E-state index in [1.54, 1.807) is 19.1 Å². The number of rotatable bonds is 4. The third-order valence-electron chi connectivity index (χ3n) is 3.37. The molecule has 24 heavy (non-hydrogen) atoms. The lowest BCUT2D eigenvalue weighted by atomic mass is 10.1. The molecule has 2 aromatic rings. The highest BCUT2D eigenvalue weighted by molar-refractivity contribution is 6.31. The van der Waals surface area contributed by atoms with E-state index >= 15 is 0 Å². The monoisotopic (exact) mass is 357 g/mol. The van der Waals surface area contributed by atoms with Crippen LogP contribution in [0, 0.1) is 6.92 Å². The predicted molar refractivity (Wildman–Crippen MR) is 86.5 cm³/mol. The Balaban J connectivity index is 2.16. The molecule has 0 unspecified atom stereocenters. The van der Waals surface area contributed by atoms with Crippen LogP contribution < -0.4 is 10.1 Å². The van der Waals surface area contributed by atoms with E-state index in [-0.39, 0.29) is 12.0 Å². The standard InChI is InChI=1S/C17H15ClF3NO2/c1-10-6-14(15(24-2)9-13(10)18)22-16(23)8-11-4-3-5-12(7-11)17(19,20)21/h3-7,9H,8H2,1-2H3,(H,22,23). The minimum absolute atomic E-state index is 0.186. The molecule has 0 bridgehead atoms. The van der Waals surface area contributed by atoms with Crippen LogP contribution in [0.4, 0.5) is 18.9 Å². The van der Waals surface area contributed by atoms with Gasteiger partial charge in [-0.05, 0) is 30.2 Å². The van der Waals surface area contributed by atoms with Gasteiger partial charge >= 0.3 is 6.18 Å². The van der Waals surface area contributed by atoms with Crippen LogP contribution in [0.1, 0.15) is 16.7 Å². The fraction of sp³-hybridized carbons (Fsp3) is 0.235. The number of hydrogen-bond acceptors (Lipinski definition) is 2. The lowest BCUT2D eigenvalue weighted by Gasteiger charge is -2.13. The van der Waals surface area contributed by atoms with Crippen LogP contribution in [0.5, 0.6) is 5.75 Å². The van der Waals surface area contributed by atoms with E-state index in [1.165, 1.54) is 19.2 Å². The van der Waals surface area contributed by atoms with Crippen molar-refractivity contribution >= 4 is 23.2 Å². The van der Waals surface area contributed by atoms with Crippen LogP contribution in [0.2, 0.25) is 5.02 Å². The summed E-state index contributed by atoms with van der Waals surface area (Å²) in [5.41, 5.74) is 0.642. The zero-order chi connectivity index (χ0) is 17.9. The molecule has 0 heterocycles. The van der Waals surface area contributed by atoms with Crippen molar-refractivity contribution in [2.75, 3.05) is 12.4 Å². The normalized spacial score (nSPS) is 11.2. The average molecular weight is 358 g/mol. The van der Waals surface area contributed by atoms with Crippen LogP contribution in [0.3, 0.4) is 0 Å². The van der Waals surface area contributed by atoms with Gasteiger partial charge in [0.25, 0.3) is 0 Å². The smallest absolute Gasteiger partial charge is 0.416 e. The molecule has 0 saturated heterocycles. The van der Waals surface area contributed by atoms with Gasteiger partial charge in [-0.1, -0.05) is 29.8 Å². The van der Waals surface area contributed by atoms with E-state index in [9.17, 15) is 18.0 Å². The maximum atomic E-state index is 12.7. The molecular weight excluding hydrogens is 343 g/mol. The second-order valence-corrected chi connectivity index (χ2v) is 5.63. The first-order valence-electron chi connectivity index (χ1n) is 7.01. The molecule has 0 spiro atoms. The van der Waals surface area contributed by atoms with Gasteiger partial charge in [0.2, 0.25) is 5.91 Å². The second kappa shape index (κ2) is 7.13. The molecule has 0 aromatic heterocycles. The number of ether oxygens (including phenoxy) is 1. The quantitative estimate of drug-likeness (QED) is 0.848. The summed E-state index contributed by atoms with van der Waals surface area (Å²) in [6.45, 7) is 1.77. The van der Waals surface area contributed by atoms with Crippen molar-refractivity contribution < 1.29 is 22.7 Å². The first-order valence-corrected chi connectivity index (χ1v) is 7.38. The third-order valence-corrected chi connectivity index (χ3v) is 3.78. The van der Waals surface area contributed by atoms with Crippen molar-refractivity contribution in [3.8, 4) is 5.75 Å². The van der Waals surface area contributed by atoms with Gasteiger partial charge in [0.05, 0.1) is 24.8 Å². The van der Waals surface area contributed by atoms with Gasteiger partial charge in [0.1, 0.15) is 5.75 Å². The van der Waals surface area contributed by atoms with Crippen LogP contribution in [0.25, 0.3) is 0 Å². The summed E-state index contributed by atoms with van der Waals surface area (Å²) < 4.78 is 43.3. The summed E-state index contributed by atoms with van der Waals surface area (Å²) in [7, 11) is 1.43. The number of benzene rings is 2. The summed E-state index contributed by atoms with van der Waals surface area (Å²) in [5.74, 6) is -0.0719. The molecule has 0 aliphatic rings. The fourth-order valence-corrected chi connectivity index (χ4v) is 2.32. The van der Waals surface area contributed by atoms with Gasteiger partial charge in [0.15, 0.2) is 0 Å². The Morgan fingerprint density at radius 3 is 2.58 bits per heavy atom. The highest BCUT2D eigenvalue weighted by Crippen LogP contribution is 2.32. The summed E-state index contributed by atoms with van der Waals surface area (Å²) in [6.07, 6.45) is -4.63. The van der Waals surface area contributed by atoms with Gasteiger partial charge < -0.3 is 10.1 Å². The van der Waals surface area contributed by atoms with Crippen molar-refractivity contribution in [2.24, 2.45) is 0 Å². The Labute approximate surface area is 142 Å². The van der Waals surface area contributed by atoms with Crippen molar-refractivity contribution in [3.05, 3.63) is 58.1 Å². The molecular formula is C17H15ClF3NO2. The highest BCUT2D eigenvalue weighted by Gasteiger charge is 2.30. The van der Waals surface area contributed by atoms with Crippen LogP contribution in [-0.4, -0.2) is 13.0 Å². The molecule has 0 aliphatic carbocycles. The molecule has 1 amide bonds. The zero-order valence-corrected chi connectivity index (χ0v) is 13.8. The zero-order valence-electron chi connectivity index (χ0n) is 13.0. The number of carbonyl (C=O) groups is 1. The van der Waals surface area contributed by atoms with E-state index in [1.807, 2.05) is 0 Å². The van der Waals surface area contributed by atoms with Gasteiger partial charge in [-0.3, -0.25) is 4.79 Å². The molecule has 0 saturated carbocycles. The number of halogens is 4. The molecule has 3 nitrogen and oxygen atoms in total. The van der Waals surface area contributed by atoms with E-state index < -0.39 is 17.6 Å². The Hall–Kier alpha value is -2.21. The Bertz CT molecular complexity index is 760. The van der Waals surface area contributed by atoms with Crippen LogP contribution >= 0.6 is 11.6 Å². The van der Waals surface area contributed by atoms with Crippen LogP contribution in [-0.2, 0) is 17.4 Å². The SMILES string of the molecule is COc1cc(Cl)c(C)cc1NC(=O)Cc1cccc(C(F)(F)F)c1. The summed E-state index contributed by atoms with van der Waals surface area (Å²) in [4.78, 5) is 12.1. The molecule has 0 aliphatic heterocycles. The number of amides is 1. The number of anilines is 1. The van der Waals surface area contributed by atoms with Crippen molar-refractivity contribution in [1.29, 1.82) is 0 Å². The average Bonchev–Trinajstić information content (AvgIpc) is 2.50. The maximum absolute atomic E-state index is 12.7. The molecule has 2 aromatic carbocycles. The number of methoxy groups -OCH3 is 1. The molecule has 2 rings (SSSR count). The second-order valence-electron chi connectivity index (χ2n) is 5.22.